The summed E-state index contributed by atoms with van der Waals surface area (Å²) in [7, 11) is 2.93. The van der Waals surface area contributed by atoms with Gasteiger partial charge in [0, 0.05) is 32.9 Å². The summed E-state index contributed by atoms with van der Waals surface area (Å²) in [6.07, 6.45) is 0. The van der Waals surface area contributed by atoms with Crippen LogP contribution in [-0.4, -0.2) is 32.6 Å². The average molecular weight is 449 g/mol. The molecule has 0 spiro atoms. The third kappa shape index (κ3) is 4.96. The normalized spacial score (nSPS) is 10.6. The van der Waals surface area contributed by atoms with Gasteiger partial charge in [0.25, 0.3) is 5.91 Å². The Morgan fingerprint density at radius 3 is 2.34 bits per heavy atom. The molecule has 1 amide bonds. The molecule has 0 fully saturated rings. The van der Waals surface area contributed by atoms with Crippen LogP contribution in [0.15, 0.2) is 59.5 Å². The largest absolute Gasteiger partial charge is 0.468 e. The van der Waals surface area contributed by atoms with Crippen LogP contribution >= 0.6 is 35.1 Å². The van der Waals surface area contributed by atoms with E-state index >= 15 is 0 Å². The molecule has 0 aliphatic heterocycles. The van der Waals surface area contributed by atoms with Crippen molar-refractivity contribution < 1.29 is 14.3 Å². The predicted octanol–water partition coefficient (Wildman–Crippen LogP) is 5.19. The van der Waals surface area contributed by atoms with Crippen molar-refractivity contribution >= 4 is 63.5 Å². The summed E-state index contributed by atoms with van der Waals surface area (Å²) in [6.45, 7) is -0.00534. The van der Waals surface area contributed by atoms with Crippen molar-refractivity contribution in [2.45, 2.75) is 4.90 Å². The number of nitrogens with one attached hydrogen (secondary N) is 1. The van der Waals surface area contributed by atoms with E-state index in [-0.39, 0.29) is 12.5 Å². The smallest absolute Gasteiger partial charge is 0.326 e. The average Bonchev–Trinajstić information content (AvgIpc) is 2.71. The number of anilines is 1. The van der Waals surface area contributed by atoms with Gasteiger partial charge in [0.2, 0.25) is 0 Å². The summed E-state index contributed by atoms with van der Waals surface area (Å²) in [4.78, 5) is 25.1. The first-order chi connectivity index (χ1) is 13.9. The van der Waals surface area contributed by atoms with Crippen LogP contribution in [0.4, 0.5) is 5.69 Å². The van der Waals surface area contributed by atoms with E-state index in [9.17, 15) is 9.59 Å². The fourth-order valence-corrected chi connectivity index (χ4v) is 4.60. The molecule has 1 N–H and O–H groups in total. The number of carbonyl (C=O) groups is 2. The lowest BCUT2D eigenvalue weighted by Crippen LogP contribution is -2.24. The van der Waals surface area contributed by atoms with Crippen molar-refractivity contribution in [3.8, 4) is 0 Å². The number of rotatable bonds is 6. The highest BCUT2D eigenvalue weighted by molar-refractivity contribution is 8.00. The molecule has 0 radical (unpaired) electrons. The van der Waals surface area contributed by atoms with Gasteiger partial charge in [0.05, 0.1) is 12.8 Å². The highest BCUT2D eigenvalue weighted by Crippen LogP contribution is 2.37. The fraction of sp³-hybridized carbons (Fsp3) is 0.143. The number of amides is 1. The molecule has 3 aromatic carbocycles. The lowest BCUT2D eigenvalue weighted by molar-refractivity contribution is -0.138. The van der Waals surface area contributed by atoms with Gasteiger partial charge < -0.3 is 14.4 Å². The first-order valence-corrected chi connectivity index (χ1v) is 10.2. The second kappa shape index (κ2) is 9.39. The first kappa shape index (κ1) is 21.3. The quantitative estimate of drug-likeness (QED) is 0.415. The third-order valence-corrected chi connectivity index (χ3v) is 5.62. The van der Waals surface area contributed by atoms with Crippen LogP contribution in [0, 0.1) is 0 Å². The number of nitrogens with zero attached hydrogens (tertiary/aromatic N) is 1. The van der Waals surface area contributed by atoms with Crippen molar-refractivity contribution in [3.05, 3.63) is 70.2 Å². The Kier molecular flexibility index (Phi) is 6.90. The minimum absolute atomic E-state index is 0.00534. The molecule has 150 valence electrons. The summed E-state index contributed by atoms with van der Waals surface area (Å²) in [5.74, 6) is -0.577. The summed E-state index contributed by atoms with van der Waals surface area (Å²) in [5, 5.41) is 5.26. The van der Waals surface area contributed by atoms with Gasteiger partial charge in [-0.2, -0.15) is 0 Å². The Morgan fingerprint density at radius 1 is 1.03 bits per heavy atom. The maximum absolute atomic E-state index is 12.3. The summed E-state index contributed by atoms with van der Waals surface area (Å²) in [6, 6.07) is 16.3. The molecular formula is C21H18Cl2N2O3S. The van der Waals surface area contributed by atoms with E-state index in [1.807, 2.05) is 30.3 Å². The molecule has 0 atom stereocenters. The van der Waals surface area contributed by atoms with Crippen LogP contribution < -0.4 is 9.62 Å². The standard InChI is InChI=1S/C21H18Cl2N2O3S/c1-24-21(27)18-7-3-6-17-16(18)5-4-8-19(17)25(12-20(26)28-2)29-15-10-13(22)9-14(23)11-15/h3-11H,12H2,1-2H3,(H,24,27). The summed E-state index contributed by atoms with van der Waals surface area (Å²) < 4.78 is 6.66. The van der Waals surface area contributed by atoms with E-state index < -0.39 is 5.97 Å². The van der Waals surface area contributed by atoms with Crippen molar-refractivity contribution in [1.82, 2.24) is 5.32 Å². The van der Waals surface area contributed by atoms with E-state index in [1.165, 1.54) is 19.1 Å². The molecule has 0 saturated heterocycles. The molecule has 0 heterocycles. The SMILES string of the molecule is CNC(=O)c1cccc2c(N(CC(=O)OC)Sc3cc(Cl)cc(Cl)c3)cccc12. The number of halogens is 2. The third-order valence-electron chi connectivity index (χ3n) is 4.19. The molecule has 0 aromatic heterocycles. The number of fused-ring (bicyclic) bond motifs is 1. The van der Waals surface area contributed by atoms with E-state index in [0.29, 0.717) is 15.6 Å². The van der Waals surface area contributed by atoms with Crippen LogP contribution in [0.25, 0.3) is 10.8 Å². The van der Waals surface area contributed by atoms with E-state index in [0.717, 1.165) is 21.4 Å². The van der Waals surface area contributed by atoms with Crippen LogP contribution in [-0.2, 0) is 9.53 Å². The number of methoxy groups -OCH3 is 1. The van der Waals surface area contributed by atoms with Crippen molar-refractivity contribution in [2.75, 3.05) is 25.0 Å². The highest BCUT2D eigenvalue weighted by atomic mass is 35.5. The second-order valence-corrected chi connectivity index (χ2v) is 8.03. The first-order valence-electron chi connectivity index (χ1n) is 8.65. The molecular weight excluding hydrogens is 431 g/mol. The number of benzene rings is 3. The molecule has 0 unspecified atom stereocenters. The number of ether oxygens (including phenoxy) is 1. The van der Waals surface area contributed by atoms with Crippen LogP contribution in [0.2, 0.25) is 10.0 Å². The number of hydrogen-bond acceptors (Lipinski definition) is 5. The molecule has 29 heavy (non-hydrogen) atoms. The summed E-state index contributed by atoms with van der Waals surface area (Å²) >= 11 is 13.6. The van der Waals surface area contributed by atoms with E-state index in [2.05, 4.69) is 5.32 Å². The lowest BCUT2D eigenvalue weighted by atomic mass is 10.0. The second-order valence-electron chi connectivity index (χ2n) is 6.07. The Bertz CT molecular complexity index is 1050. The molecule has 8 heteroatoms. The Labute approximate surface area is 183 Å². The van der Waals surface area contributed by atoms with Crippen molar-refractivity contribution in [1.29, 1.82) is 0 Å². The zero-order chi connectivity index (χ0) is 21.0. The van der Waals surface area contributed by atoms with Gasteiger partial charge in [-0.3, -0.25) is 9.59 Å². The van der Waals surface area contributed by atoms with Gasteiger partial charge in [0.1, 0.15) is 6.54 Å². The van der Waals surface area contributed by atoms with Gasteiger partial charge in [0.15, 0.2) is 0 Å². The lowest BCUT2D eigenvalue weighted by Gasteiger charge is -2.24. The number of carbonyl (C=O) groups excluding carboxylic acids is 2. The molecule has 5 nitrogen and oxygen atoms in total. The van der Waals surface area contributed by atoms with Crippen molar-refractivity contribution in [3.63, 3.8) is 0 Å². The van der Waals surface area contributed by atoms with Crippen LogP contribution in [0.5, 0.6) is 0 Å². The Morgan fingerprint density at radius 2 is 1.69 bits per heavy atom. The predicted molar refractivity (Wildman–Crippen MR) is 119 cm³/mol. The van der Waals surface area contributed by atoms with Gasteiger partial charge in [-0.1, -0.05) is 47.5 Å². The van der Waals surface area contributed by atoms with Gasteiger partial charge in [-0.05, 0) is 47.7 Å². The van der Waals surface area contributed by atoms with E-state index in [1.54, 1.807) is 35.6 Å². The van der Waals surface area contributed by atoms with Gasteiger partial charge in [-0.15, -0.1) is 0 Å². The summed E-state index contributed by atoms with van der Waals surface area (Å²) in [5.41, 5.74) is 1.32. The highest BCUT2D eigenvalue weighted by Gasteiger charge is 2.18. The monoisotopic (exact) mass is 448 g/mol. The number of hydrogen-bond donors (Lipinski definition) is 1. The van der Waals surface area contributed by atoms with Gasteiger partial charge >= 0.3 is 5.97 Å². The van der Waals surface area contributed by atoms with Crippen LogP contribution in [0.3, 0.4) is 0 Å². The molecule has 0 bridgehead atoms. The van der Waals surface area contributed by atoms with Crippen LogP contribution in [0.1, 0.15) is 10.4 Å². The molecule has 0 saturated carbocycles. The maximum atomic E-state index is 12.3. The minimum Gasteiger partial charge on any atom is -0.468 e. The molecule has 0 aliphatic carbocycles. The Hall–Kier alpha value is -2.41. The van der Waals surface area contributed by atoms with Crippen molar-refractivity contribution in [2.24, 2.45) is 0 Å². The topological polar surface area (TPSA) is 58.6 Å². The Balaban J connectivity index is 2.11. The fourth-order valence-electron chi connectivity index (χ4n) is 2.90. The molecule has 3 aromatic rings. The minimum atomic E-state index is -0.398. The molecule has 0 aliphatic rings. The maximum Gasteiger partial charge on any atom is 0.326 e. The zero-order valence-corrected chi connectivity index (χ0v) is 18.1. The van der Waals surface area contributed by atoms with E-state index in [4.69, 9.17) is 27.9 Å². The zero-order valence-electron chi connectivity index (χ0n) is 15.7. The van der Waals surface area contributed by atoms with Gasteiger partial charge in [-0.25, -0.2) is 0 Å². The number of esters is 1. The molecule has 3 rings (SSSR count).